The molecule has 3 rings (SSSR count). The lowest BCUT2D eigenvalue weighted by molar-refractivity contribution is -0.126. The smallest absolute Gasteiger partial charge is 0.269 e. The predicted molar refractivity (Wildman–Crippen MR) is 93.8 cm³/mol. The molecule has 1 aliphatic rings. The summed E-state index contributed by atoms with van der Waals surface area (Å²) in [5.41, 5.74) is 6.45. The van der Waals surface area contributed by atoms with Crippen molar-refractivity contribution in [3.63, 3.8) is 0 Å². The minimum atomic E-state index is -0.314. The van der Waals surface area contributed by atoms with Gasteiger partial charge in [-0.15, -0.1) is 0 Å². The Kier molecular flexibility index (Phi) is 5.23. The van der Waals surface area contributed by atoms with Gasteiger partial charge in [0.05, 0.1) is 5.92 Å². The Hall–Kier alpha value is -2.96. The van der Waals surface area contributed by atoms with E-state index in [9.17, 15) is 9.59 Å². The highest BCUT2D eigenvalue weighted by Crippen LogP contribution is 2.19. The van der Waals surface area contributed by atoms with Crippen molar-refractivity contribution >= 4 is 17.8 Å². The zero-order valence-electron chi connectivity index (χ0n) is 14.1. The number of aromatic nitrogens is 2. The van der Waals surface area contributed by atoms with Gasteiger partial charge in [0.15, 0.2) is 0 Å². The van der Waals surface area contributed by atoms with Crippen molar-refractivity contribution in [1.82, 2.24) is 20.8 Å². The van der Waals surface area contributed by atoms with E-state index in [0.717, 1.165) is 24.9 Å². The summed E-state index contributed by atoms with van der Waals surface area (Å²) in [6.07, 6.45) is 5.03. The number of carbonyl (C=O) groups is 2. The third kappa shape index (κ3) is 4.12. The molecule has 2 aromatic rings. The standard InChI is InChI=1S/C18H21N5O2/c1-13-6-2-3-8-15(13)17(25)22-21-16(24)14-7-4-11-23(12-14)18-19-9-5-10-20-18/h2-3,5-6,8-10,14H,4,7,11-12H2,1H3,(H,21,24)(H,22,25)/t14-/m0/s1. The van der Waals surface area contributed by atoms with E-state index in [0.29, 0.717) is 18.1 Å². The molecule has 25 heavy (non-hydrogen) atoms. The molecule has 1 saturated heterocycles. The Morgan fingerprint density at radius 2 is 1.88 bits per heavy atom. The monoisotopic (exact) mass is 339 g/mol. The highest BCUT2D eigenvalue weighted by atomic mass is 16.2. The molecular weight excluding hydrogens is 318 g/mol. The van der Waals surface area contributed by atoms with Crippen molar-refractivity contribution in [3.8, 4) is 0 Å². The van der Waals surface area contributed by atoms with Gasteiger partial charge in [0.2, 0.25) is 11.9 Å². The molecule has 2 amide bonds. The minimum absolute atomic E-state index is 0.192. The lowest BCUT2D eigenvalue weighted by Gasteiger charge is -2.31. The molecule has 130 valence electrons. The zero-order chi connectivity index (χ0) is 17.6. The average Bonchev–Trinajstić information content (AvgIpc) is 2.67. The highest BCUT2D eigenvalue weighted by molar-refractivity contribution is 5.96. The van der Waals surface area contributed by atoms with Crippen LogP contribution >= 0.6 is 0 Å². The fourth-order valence-corrected chi connectivity index (χ4v) is 2.94. The number of aryl methyl sites for hydroxylation is 1. The number of benzene rings is 1. The number of rotatable bonds is 3. The van der Waals surface area contributed by atoms with Crippen LogP contribution in [-0.2, 0) is 4.79 Å². The summed E-state index contributed by atoms with van der Waals surface area (Å²) in [6.45, 7) is 3.22. The maximum atomic E-state index is 12.4. The van der Waals surface area contributed by atoms with Gasteiger partial charge in [-0.3, -0.25) is 20.4 Å². The SMILES string of the molecule is Cc1ccccc1C(=O)NNC(=O)[C@H]1CCCN(c2ncccn2)C1. The number of amides is 2. The summed E-state index contributed by atoms with van der Waals surface area (Å²) in [4.78, 5) is 35.0. The Bertz CT molecular complexity index is 750. The average molecular weight is 339 g/mol. The summed E-state index contributed by atoms with van der Waals surface area (Å²) in [7, 11) is 0. The first-order chi connectivity index (χ1) is 12.1. The molecule has 1 atom stereocenters. The molecule has 1 fully saturated rings. The lowest BCUT2D eigenvalue weighted by Crippen LogP contribution is -2.49. The van der Waals surface area contributed by atoms with Crippen LogP contribution < -0.4 is 15.8 Å². The molecule has 0 aliphatic carbocycles. The van der Waals surface area contributed by atoms with Gasteiger partial charge in [-0.05, 0) is 37.5 Å². The fraction of sp³-hybridized carbons (Fsp3) is 0.333. The van der Waals surface area contributed by atoms with Crippen LogP contribution in [0.3, 0.4) is 0 Å². The van der Waals surface area contributed by atoms with Gasteiger partial charge in [0, 0.05) is 31.0 Å². The van der Waals surface area contributed by atoms with Crippen molar-refractivity contribution < 1.29 is 9.59 Å². The topological polar surface area (TPSA) is 87.2 Å². The number of piperidine rings is 1. The Labute approximate surface area is 146 Å². The molecule has 0 radical (unpaired) electrons. The van der Waals surface area contributed by atoms with E-state index in [1.54, 1.807) is 30.6 Å². The number of hydrazine groups is 1. The zero-order valence-corrected chi connectivity index (χ0v) is 14.1. The van der Waals surface area contributed by atoms with E-state index in [-0.39, 0.29) is 17.7 Å². The molecule has 0 saturated carbocycles. The Morgan fingerprint density at radius 1 is 1.12 bits per heavy atom. The van der Waals surface area contributed by atoms with E-state index < -0.39 is 0 Å². The van der Waals surface area contributed by atoms with Gasteiger partial charge in [-0.1, -0.05) is 18.2 Å². The molecule has 0 bridgehead atoms. The van der Waals surface area contributed by atoms with Crippen LogP contribution in [0.1, 0.15) is 28.8 Å². The Balaban J connectivity index is 1.56. The lowest BCUT2D eigenvalue weighted by atomic mass is 9.98. The van der Waals surface area contributed by atoms with Crippen LogP contribution in [0.2, 0.25) is 0 Å². The normalized spacial score (nSPS) is 17.0. The van der Waals surface area contributed by atoms with E-state index in [4.69, 9.17) is 0 Å². The van der Waals surface area contributed by atoms with Crippen molar-refractivity contribution in [2.45, 2.75) is 19.8 Å². The fourth-order valence-electron chi connectivity index (χ4n) is 2.94. The molecule has 1 aromatic carbocycles. The van der Waals surface area contributed by atoms with Crippen LogP contribution in [0, 0.1) is 12.8 Å². The van der Waals surface area contributed by atoms with Gasteiger partial charge < -0.3 is 4.90 Å². The second-order valence-electron chi connectivity index (χ2n) is 6.09. The van der Waals surface area contributed by atoms with Gasteiger partial charge in [0.1, 0.15) is 0 Å². The third-order valence-electron chi connectivity index (χ3n) is 4.32. The molecular formula is C18H21N5O2. The maximum absolute atomic E-state index is 12.4. The molecule has 2 N–H and O–H groups in total. The van der Waals surface area contributed by atoms with Crippen LogP contribution in [-0.4, -0.2) is 34.9 Å². The summed E-state index contributed by atoms with van der Waals surface area (Å²) in [6, 6.07) is 9.01. The quantitative estimate of drug-likeness (QED) is 0.827. The Morgan fingerprint density at radius 3 is 2.64 bits per heavy atom. The van der Waals surface area contributed by atoms with Gasteiger partial charge in [0.25, 0.3) is 5.91 Å². The third-order valence-corrected chi connectivity index (χ3v) is 4.32. The van der Waals surface area contributed by atoms with Crippen LogP contribution in [0.25, 0.3) is 0 Å². The molecule has 2 heterocycles. The highest BCUT2D eigenvalue weighted by Gasteiger charge is 2.27. The van der Waals surface area contributed by atoms with Gasteiger partial charge >= 0.3 is 0 Å². The van der Waals surface area contributed by atoms with E-state index in [1.165, 1.54) is 0 Å². The summed E-state index contributed by atoms with van der Waals surface area (Å²) < 4.78 is 0. The maximum Gasteiger partial charge on any atom is 0.269 e. The number of anilines is 1. The van der Waals surface area contributed by atoms with Crippen LogP contribution in [0.15, 0.2) is 42.7 Å². The van der Waals surface area contributed by atoms with E-state index in [1.807, 2.05) is 24.0 Å². The summed E-state index contributed by atoms with van der Waals surface area (Å²) in [5.74, 6) is -0.0910. The van der Waals surface area contributed by atoms with Crippen molar-refractivity contribution in [2.75, 3.05) is 18.0 Å². The first kappa shape index (κ1) is 16.9. The summed E-state index contributed by atoms with van der Waals surface area (Å²) >= 11 is 0. The molecule has 7 heteroatoms. The molecule has 1 aromatic heterocycles. The first-order valence-corrected chi connectivity index (χ1v) is 8.33. The van der Waals surface area contributed by atoms with Gasteiger partial charge in [-0.2, -0.15) is 0 Å². The van der Waals surface area contributed by atoms with Crippen molar-refractivity contribution in [1.29, 1.82) is 0 Å². The predicted octanol–water partition coefficient (Wildman–Crippen LogP) is 1.46. The number of hydrogen-bond donors (Lipinski definition) is 2. The first-order valence-electron chi connectivity index (χ1n) is 8.33. The van der Waals surface area contributed by atoms with E-state index in [2.05, 4.69) is 20.8 Å². The molecule has 1 aliphatic heterocycles. The van der Waals surface area contributed by atoms with Gasteiger partial charge in [-0.25, -0.2) is 9.97 Å². The summed E-state index contributed by atoms with van der Waals surface area (Å²) in [5, 5.41) is 0. The number of carbonyl (C=O) groups excluding carboxylic acids is 2. The number of nitrogens with one attached hydrogen (secondary N) is 2. The minimum Gasteiger partial charge on any atom is -0.340 e. The van der Waals surface area contributed by atoms with Crippen LogP contribution in [0.4, 0.5) is 5.95 Å². The number of hydrogen-bond acceptors (Lipinski definition) is 5. The largest absolute Gasteiger partial charge is 0.340 e. The van der Waals surface area contributed by atoms with Crippen molar-refractivity contribution in [2.24, 2.45) is 5.92 Å². The second kappa shape index (κ2) is 7.74. The second-order valence-corrected chi connectivity index (χ2v) is 6.09. The molecule has 0 unspecified atom stereocenters. The van der Waals surface area contributed by atoms with E-state index >= 15 is 0 Å². The van der Waals surface area contributed by atoms with Crippen molar-refractivity contribution in [3.05, 3.63) is 53.9 Å². The number of nitrogens with zero attached hydrogens (tertiary/aromatic N) is 3. The molecule has 7 nitrogen and oxygen atoms in total. The van der Waals surface area contributed by atoms with Crippen LogP contribution in [0.5, 0.6) is 0 Å². The molecule has 0 spiro atoms.